The zero-order valence-corrected chi connectivity index (χ0v) is 11.0. The molecule has 0 aromatic carbocycles. The maximum Gasteiger partial charge on any atom is 0.344 e. The van der Waals surface area contributed by atoms with Gasteiger partial charge in [0, 0.05) is 18.2 Å². The van der Waals surface area contributed by atoms with E-state index < -0.39 is 12.1 Å². The monoisotopic (exact) mass is 252 g/mol. The van der Waals surface area contributed by atoms with Crippen molar-refractivity contribution < 1.29 is 14.6 Å². The van der Waals surface area contributed by atoms with Crippen LogP contribution in [0.3, 0.4) is 0 Å². The van der Waals surface area contributed by atoms with Gasteiger partial charge in [-0.1, -0.05) is 6.92 Å². The molecule has 0 spiro atoms. The van der Waals surface area contributed by atoms with E-state index >= 15 is 0 Å². The number of carboxylic acids is 1. The van der Waals surface area contributed by atoms with Crippen LogP contribution >= 0.6 is 0 Å². The SMILES string of the molecule is CCC(Oc1ccc(C)nc1CC(C)N)C(=O)O. The Kier molecular flexibility index (Phi) is 5.09. The minimum Gasteiger partial charge on any atom is -0.479 e. The molecule has 0 bridgehead atoms. The summed E-state index contributed by atoms with van der Waals surface area (Å²) in [7, 11) is 0. The van der Waals surface area contributed by atoms with Gasteiger partial charge in [0.2, 0.25) is 0 Å². The molecule has 0 aliphatic rings. The number of aromatic nitrogens is 1. The number of rotatable bonds is 6. The molecule has 0 aliphatic carbocycles. The third kappa shape index (κ3) is 4.00. The van der Waals surface area contributed by atoms with Crippen molar-refractivity contribution in [1.29, 1.82) is 0 Å². The summed E-state index contributed by atoms with van der Waals surface area (Å²) in [5.41, 5.74) is 7.33. The lowest BCUT2D eigenvalue weighted by atomic mass is 10.1. The van der Waals surface area contributed by atoms with Gasteiger partial charge < -0.3 is 15.6 Å². The molecule has 0 amide bonds. The smallest absolute Gasteiger partial charge is 0.344 e. The van der Waals surface area contributed by atoms with Crippen molar-refractivity contribution in [2.75, 3.05) is 0 Å². The molecule has 0 saturated carbocycles. The summed E-state index contributed by atoms with van der Waals surface area (Å²) in [6.45, 7) is 5.52. The maximum absolute atomic E-state index is 11.0. The Morgan fingerprint density at radius 3 is 2.72 bits per heavy atom. The first kappa shape index (κ1) is 14.4. The topological polar surface area (TPSA) is 85.4 Å². The van der Waals surface area contributed by atoms with Gasteiger partial charge in [-0.05, 0) is 32.4 Å². The van der Waals surface area contributed by atoms with Crippen LogP contribution in [-0.2, 0) is 11.2 Å². The van der Waals surface area contributed by atoms with Crippen LogP contribution in [0.4, 0.5) is 0 Å². The van der Waals surface area contributed by atoms with Crippen molar-refractivity contribution in [1.82, 2.24) is 4.98 Å². The highest BCUT2D eigenvalue weighted by molar-refractivity contribution is 5.72. The van der Waals surface area contributed by atoms with Crippen LogP contribution in [0.15, 0.2) is 12.1 Å². The lowest BCUT2D eigenvalue weighted by Crippen LogP contribution is -2.27. The van der Waals surface area contributed by atoms with Gasteiger partial charge in [0.15, 0.2) is 6.10 Å². The predicted molar refractivity (Wildman–Crippen MR) is 68.7 cm³/mol. The van der Waals surface area contributed by atoms with Gasteiger partial charge in [-0.15, -0.1) is 0 Å². The highest BCUT2D eigenvalue weighted by atomic mass is 16.5. The highest BCUT2D eigenvalue weighted by Crippen LogP contribution is 2.20. The number of hydrogen-bond donors (Lipinski definition) is 2. The summed E-state index contributed by atoms with van der Waals surface area (Å²) in [5.74, 6) is -0.461. The Bertz CT molecular complexity index is 419. The fraction of sp³-hybridized carbons (Fsp3) is 0.538. The first-order chi connectivity index (χ1) is 8.43. The molecule has 0 radical (unpaired) electrons. The molecule has 5 nitrogen and oxygen atoms in total. The third-order valence-electron chi connectivity index (χ3n) is 2.50. The standard InChI is InChI=1S/C13H20N2O3/c1-4-11(13(16)17)18-12-6-5-9(3)15-10(12)7-8(2)14/h5-6,8,11H,4,7,14H2,1-3H3,(H,16,17). The molecule has 18 heavy (non-hydrogen) atoms. The molecule has 3 N–H and O–H groups in total. The number of nitrogens with zero attached hydrogens (tertiary/aromatic N) is 1. The van der Waals surface area contributed by atoms with Gasteiger partial charge in [0.25, 0.3) is 0 Å². The summed E-state index contributed by atoms with van der Waals surface area (Å²) in [5, 5.41) is 8.99. The number of hydrogen-bond acceptors (Lipinski definition) is 4. The van der Waals surface area contributed by atoms with Crippen LogP contribution in [-0.4, -0.2) is 28.2 Å². The molecule has 1 aromatic heterocycles. The normalized spacial score (nSPS) is 14.0. The Morgan fingerprint density at radius 1 is 1.56 bits per heavy atom. The van der Waals surface area contributed by atoms with Crippen LogP contribution in [0, 0.1) is 6.92 Å². The largest absolute Gasteiger partial charge is 0.479 e. The molecule has 1 heterocycles. The number of aliphatic carboxylic acids is 1. The number of carboxylic acid groups (broad SMARTS) is 1. The molecule has 5 heteroatoms. The quantitative estimate of drug-likeness (QED) is 0.801. The van der Waals surface area contributed by atoms with Gasteiger partial charge in [-0.3, -0.25) is 4.98 Å². The number of nitrogens with two attached hydrogens (primary N) is 1. The Hall–Kier alpha value is -1.62. The van der Waals surface area contributed by atoms with E-state index in [2.05, 4.69) is 4.98 Å². The fourth-order valence-electron chi connectivity index (χ4n) is 1.62. The van der Waals surface area contributed by atoms with Crippen molar-refractivity contribution in [3.05, 3.63) is 23.5 Å². The minimum absolute atomic E-state index is 0.0495. The van der Waals surface area contributed by atoms with E-state index in [1.807, 2.05) is 13.8 Å². The summed E-state index contributed by atoms with van der Waals surface area (Å²) in [4.78, 5) is 15.3. The van der Waals surface area contributed by atoms with Crippen LogP contribution in [0.5, 0.6) is 5.75 Å². The van der Waals surface area contributed by atoms with Crippen molar-refractivity contribution in [3.8, 4) is 5.75 Å². The first-order valence-corrected chi connectivity index (χ1v) is 6.05. The van der Waals surface area contributed by atoms with Crippen molar-refractivity contribution in [3.63, 3.8) is 0 Å². The molecule has 0 fully saturated rings. The van der Waals surface area contributed by atoms with E-state index in [0.717, 1.165) is 5.69 Å². The Balaban J connectivity index is 2.96. The van der Waals surface area contributed by atoms with Crippen LogP contribution in [0.2, 0.25) is 0 Å². The van der Waals surface area contributed by atoms with Crippen molar-refractivity contribution >= 4 is 5.97 Å². The zero-order valence-electron chi connectivity index (χ0n) is 11.0. The minimum atomic E-state index is -0.968. The molecular weight excluding hydrogens is 232 g/mol. The highest BCUT2D eigenvalue weighted by Gasteiger charge is 2.19. The van der Waals surface area contributed by atoms with Gasteiger partial charge in [-0.25, -0.2) is 4.79 Å². The van der Waals surface area contributed by atoms with Gasteiger partial charge in [0.05, 0.1) is 5.69 Å². The second-order valence-corrected chi connectivity index (χ2v) is 4.43. The third-order valence-corrected chi connectivity index (χ3v) is 2.50. The number of pyridine rings is 1. The maximum atomic E-state index is 11.0. The van der Waals surface area contributed by atoms with E-state index in [1.54, 1.807) is 19.1 Å². The van der Waals surface area contributed by atoms with Crippen molar-refractivity contribution in [2.45, 2.75) is 45.8 Å². The van der Waals surface area contributed by atoms with Gasteiger partial charge in [0.1, 0.15) is 5.75 Å². The first-order valence-electron chi connectivity index (χ1n) is 6.05. The summed E-state index contributed by atoms with van der Waals surface area (Å²) >= 11 is 0. The number of ether oxygens (including phenoxy) is 1. The molecule has 2 unspecified atom stereocenters. The van der Waals surface area contributed by atoms with Crippen LogP contribution < -0.4 is 10.5 Å². The Morgan fingerprint density at radius 2 is 2.22 bits per heavy atom. The van der Waals surface area contributed by atoms with E-state index in [1.165, 1.54) is 0 Å². The zero-order chi connectivity index (χ0) is 13.7. The van der Waals surface area contributed by atoms with Gasteiger partial charge in [-0.2, -0.15) is 0 Å². The van der Waals surface area contributed by atoms with Crippen LogP contribution in [0.25, 0.3) is 0 Å². The second-order valence-electron chi connectivity index (χ2n) is 4.43. The molecule has 100 valence electrons. The lowest BCUT2D eigenvalue weighted by molar-refractivity contribution is -0.145. The molecule has 1 rings (SSSR count). The average molecular weight is 252 g/mol. The van der Waals surface area contributed by atoms with Crippen molar-refractivity contribution in [2.24, 2.45) is 5.73 Å². The van der Waals surface area contributed by atoms with E-state index in [0.29, 0.717) is 24.3 Å². The molecular formula is C13H20N2O3. The fourth-order valence-corrected chi connectivity index (χ4v) is 1.62. The lowest BCUT2D eigenvalue weighted by Gasteiger charge is -2.17. The summed E-state index contributed by atoms with van der Waals surface area (Å²) in [6, 6.07) is 3.51. The van der Waals surface area contributed by atoms with Crippen LogP contribution in [0.1, 0.15) is 31.7 Å². The number of carbonyl (C=O) groups is 1. The molecule has 0 aliphatic heterocycles. The second kappa shape index (κ2) is 6.35. The molecule has 1 aromatic rings. The van der Waals surface area contributed by atoms with E-state index in [4.69, 9.17) is 15.6 Å². The molecule has 0 saturated heterocycles. The average Bonchev–Trinajstić information content (AvgIpc) is 2.26. The summed E-state index contributed by atoms with van der Waals surface area (Å²) in [6.07, 6.45) is 0.120. The number of aryl methyl sites for hydroxylation is 1. The Labute approximate surface area is 107 Å². The predicted octanol–water partition coefficient (Wildman–Crippen LogP) is 1.52. The van der Waals surface area contributed by atoms with E-state index in [9.17, 15) is 4.79 Å². The summed E-state index contributed by atoms with van der Waals surface area (Å²) < 4.78 is 5.49. The van der Waals surface area contributed by atoms with Gasteiger partial charge >= 0.3 is 5.97 Å². The van der Waals surface area contributed by atoms with E-state index in [-0.39, 0.29) is 6.04 Å². The molecule has 2 atom stereocenters.